The van der Waals surface area contributed by atoms with Crippen LogP contribution in [0.3, 0.4) is 0 Å². The summed E-state index contributed by atoms with van der Waals surface area (Å²) in [7, 11) is -4.09. The van der Waals surface area contributed by atoms with Crippen LogP contribution in [0, 0.1) is 5.92 Å². The SMILES string of the molecule is CC(C)C[C@H](NC(=O)c1cc2ccccc2[nH]1)C(=O)N1CCN(C(=O)[C@H](C)NS(=O)(=O)c2ccc(Cl)cc2Cl)C[C@@H]1C. The highest BCUT2D eigenvalue weighted by atomic mass is 35.5. The van der Waals surface area contributed by atoms with Gasteiger partial charge in [-0.05, 0) is 56.5 Å². The number of rotatable bonds is 9. The number of aromatic amines is 1. The van der Waals surface area contributed by atoms with Gasteiger partial charge in [-0.15, -0.1) is 0 Å². The molecule has 1 saturated heterocycles. The highest BCUT2D eigenvalue weighted by Gasteiger charge is 2.36. The zero-order valence-corrected chi connectivity index (χ0v) is 26.2. The molecule has 0 bridgehead atoms. The largest absolute Gasteiger partial charge is 0.351 e. The minimum atomic E-state index is -4.09. The Morgan fingerprint density at radius 3 is 2.38 bits per heavy atom. The molecule has 3 atom stereocenters. The normalized spacial score (nSPS) is 17.4. The first-order valence-electron chi connectivity index (χ1n) is 13.7. The molecule has 2 aromatic carbocycles. The number of H-pyrrole nitrogens is 1. The third-order valence-corrected chi connectivity index (χ3v) is 9.45. The predicted octanol–water partition coefficient (Wildman–Crippen LogP) is 4.05. The van der Waals surface area contributed by atoms with E-state index in [1.807, 2.05) is 45.0 Å². The van der Waals surface area contributed by atoms with Crippen molar-refractivity contribution >= 4 is 61.8 Å². The molecule has 1 fully saturated rings. The molecule has 1 aromatic heterocycles. The molecular formula is C29H35Cl2N5O5S. The Balaban J connectivity index is 1.40. The van der Waals surface area contributed by atoms with E-state index in [-0.39, 0.29) is 58.3 Å². The summed E-state index contributed by atoms with van der Waals surface area (Å²) in [5.74, 6) is -0.871. The maximum atomic E-state index is 13.7. The summed E-state index contributed by atoms with van der Waals surface area (Å²) >= 11 is 11.9. The van der Waals surface area contributed by atoms with Crippen LogP contribution < -0.4 is 10.0 Å². The number of nitrogens with one attached hydrogen (secondary N) is 3. The molecule has 0 unspecified atom stereocenters. The number of carbonyl (C=O) groups excluding carboxylic acids is 3. The van der Waals surface area contributed by atoms with Gasteiger partial charge in [-0.25, -0.2) is 8.42 Å². The number of nitrogens with zero attached hydrogens (tertiary/aromatic N) is 2. The van der Waals surface area contributed by atoms with Crippen LogP contribution in [0.15, 0.2) is 53.4 Å². The van der Waals surface area contributed by atoms with E-state index >= 15 is 0 Å². The van der Waals surface area contributed by atoms with Crippen molar-refractivity contribution in [3.05, 3.63) is 64.3 Å². The van der Waals surface area contributed by atoms with Crippen molar-refractivity contribution in [3.63, 3.8) is 0 Å². The lowest BCUT2D eigenvalue weighted by Crippen LogP contribution is -2.61. The van der Waals surface area contributed by atoms with Gasteiger partial charge >= 0.3 is 0 Å². The molecule has 3 N–H and O–H groups in total. The molecule has 2 heterocycles. The van der Waals surface area contributed by atoms with Crippen LogP contribution in [0.2, 0.25) is 10.0 Å². The van der Waals surface area contributed by atoms with Crippen molar-refractivity contribution in [1.82, 2.24) is 24.8 Å². The summed E-state index contributed by atoms with van der Waals surface area (Å²) in [6.07, 6.45) is 0.447. The number of amides is 3. The minimum absolute atomic E-state index is 0.0528. The van der Waals surface area contributed by atoms with E-state index in [0.29, 0.717) is 12.1 Å². The Kier molecular flexibility index (Phi) is 9.87. The fourth-order valence-electron chi connectivity index (χ4n) is 5.12. The first kappa shape index (κ1) is 31.8. The maximum absolute atomic E-state index is 13.7. The fraction of sp³-hybridized carbons (Fsp3) is 0.414. The zero-order valence-electron chi connectivity index (χ0n) is 23.9. The Labute approximate surface area is 255 Å². The van der Waals surface area contributed by atoms with Crippen LogP contribution in [-0.2, 0) is 19.6 Å². The average molecular weight is 637 g/mol. The van der Waals surface area contributed by atoms with Gasteiger partial charge in [-0.3, -0.25) is 14.4 Å². The molecule has 0 radical (unpaired) electrons. The molecule has 0 aliphatic carbocycles. The van der Waals surface area contributed by atoms with E-state index in [1.54, 1.807) is 11.0 Å². The van der Waals surface area contributed by atoms with Crippen LogP contribution in [0.1, 0.15) is 44.6 Å². The van der Waals surface area contributed by atoms with Gasteiger partial charge in [0.2, 0.25) is 21.8 Å². The van der Waals surface area contributed by atoms with Crippen LogP contribution in [0.4, 0.5) is 0 Å². The van der Waals surface area contributed by atoms with Crippen molar-refractivity contribution in [1.29, 1.82) is 0 Å². The summed E-state index contributed by atoms with van der Waals surface area (Å²) in [6, 6.07) is 11.1. The Hall–Kier alpha value is -3.12. The summed E-state index contributed by atoms with van der Waals surface area (Å²) in [5.41, 5.74) is 1.20. The van der Waals surface area contributed by atoms with E-state index in [0.717, 1.165) is 10.9 Å². The fourth-order valence-corrected chi connectivity index (χ4v) is 7.09. The summed E-state index contributed by atoms with van der Waals surface area (Å²) in [6.45, 7) is 7.92. The number of carbonyl (C=O) groups is 3. The molecule has 10 nitrogen and oxygen atoms in total. The molecule has 42 heavy (non-hydrogen) atoms. The van der Waals surface area contributed by atoms with Gasteiger partial charge in [-0.1, -0.05) is 55.2 Å². The molecule has 0 spiro atoms. The number of hydrogen-bond donors (Lipinski definition) is 3. The van der Waals surface area contributed by atoms with E-state index in [1.165, 1.54) is 30.0 Å². The number of piperazine rings is 1. The first-order chi connectivity index (χ1) is 19.8. The maximum Gasteiger partial charge on any atom is 0.268 e. The van der Waals surface area contributed by atoms with Crippen molar-refractivity contribution in [2.75, 3.05) is 19.6 Å². The molecule has 226 valence electrons. The number of aromatic nitrogens is 1. The van der Waals surface area contributed by atoms with Crippen LogP contribution in [0.5, 0.6) is 0 Å². The van der Waals surface area contributed by atoms with Crippen molar-refractivity contribution in [2.45, 2.75) is 57.1 Å². The molecule has 1 aliphatic heterocycles. The second-order valence-corrected chi connectivity index (χ2v) is 13.5. The first-order valence-corrected chi connectivity index (χ1v) is 16.0. The number of halogens is 2. The van der Waals surface area contributed by atoms with E-state index in [2.05, 4.69) is 15.0 Å². The molecule has 13 heteroatoms. The smallest absolute Gasteiger partial charge is 0.268 e. The van der Waals surface area contributed by atoms with Gasteiger partial charge in [0.1, 0.15) is 16.6 Å². The Bertz CT molecular complexity index is 1560. The lowest BCUT2D eigenvalue weighted by molar-refractivity contribution is -0.144. The van der Waals surface area contributed by atoms with Gasteiger partial charge < -0.3 is 20.1 Å². The number of hydrogen-bond acceptors (Lipinski definition) is 5. The molecule has 4 rings (SSSR count). The van der Waals surface area contributed by atoms with Crippen molar-refractivity contribution < 1.29 is 22.8 Å². The molecule has 3 amide bonds. The van der Waals surface area contributed by atoms with E-state index in [4.69, 9.17) is 23.2 Å². The topological polar surface area (TPSA) is 132 Å². The van der Waals surface area contributed by atoms with Crippen LogP contribution in [0.25, 0.3) is 10.9 Å². The van der Waals surface area contributed by atoms with Crippen LogP contribution in [-0.4, -0.2) is 78.7 Å². The highest BCUT2D eigenvalue weighted by Crippen LogP contribution is 2.25. The van der Waals surface area contributed by atoms with Gasteiger partial charge in [0.25, 0.3) is 5.91 Å². The predicted molar refractivity (Wildman–Crippen MR) is 163 cm³/mol. The number of fused-ring (bicyclic) bond motifs is 1. The second kappa shape index (κ2) is 13.0. The summed E-state index contributed by atoms with van der Waals surface area (Å²) in [4.78, 5) is 46.1. The quantitative estimate of drug-likeness (QED) is 0.326. The van der Waals surface area contributed by atoms with Crippen molar-refractivity contribution in [3.8, 4) is 0 Å². The third kappa shape index (κ3) is 7.26. The summed E-state index contributed by atoms with van der Waals surface area (Å²) in [5, 5.41) is 4.04. The Morgan fingerprint density at radius 1 is 1.02 bits per heavy atom. The van der Waals surface area contributed by atoms with Crippen LogP contribution >= 0.6 is 23.2 Å². The molecular weight excluding hydrogens is 601 g/mol. The number of sulfonamides is 1. The zero-order chi connectivity index (χ0) is 30.8. The van der Waals surface area contributed by atoms with Gasteiger partial charge in [0.15, 0.2) is 0 Å². The Morgan fingerprint density at radius 2 is 1.74 bits per heavy atom. The number of benzene rings is 2. The average Bonchev–Trinajstić information content (AvgIpc) is 3.36. The van der Waals surface area contributed by atoms with E-state index in [9.17, 15) is 22.8 Å². The lowest BCUT2D eigenvalue weighted by Gasteiger charge is -2.42. The van der Waals surface area contributed by atoms with Gasteiger partial charge in [0, 0.05) is 41.6 Å². The third-order valence-electron chi connectivity index (χ3n) is 7.19. The number of para-hydroxylation sites is 1. The minimum Gasteiger partial charge on any atom is -0.351 e. The molecule has 3 aromatic rings. The second-order valence-electron chi connectivity index (χ2n) is 11.0. The monoisotopic (exact) mass is 635 g/mol. The summed E-state index contributed by atoms with van der Waals surface area (Å²) < 4.78 is 28.1. The lowest BCUT2D eigenvalue weighted by atomic mass is 10.0. The van der Waals surface area contributed by atoms with Gasteiger partial charge in [-0.2, -0.15) is 4.72 Å². The van der Waals surface area contributed by atoms with E-state index < -0.39 is 28.0 Å². The van der Waals surface area contributed by atoms with Gasteiger partial charge in [0.05, 0.1) is 11.1 Å². The standard InChI is InChI=1S/C29H35Cl2N5O5S/c1-17(2)13-25(33-27(37)24-14-20-7-5-6-8-23(20)32-24)29(39)36-12-11-35(16-18(36)3)28(38)19(4)34-42(40,41)26-10-9-21(30)15-22(26)31/h5-10,14-15,17-19,25,32,34H,11-13,16H2,1-4H3,(H,33,37)/t18-,19-,25-/m0/s1. The van der Waals surface area contributed by atoms with Crippen molar-refractivity contribution in [2.24, 2.45) is 5.92 Å². The highest BCUT2D eigenvalue weighted by molar-refractivity contribution is 7.89. The molecule has 0 saturated carbocycles. The molecule has 1 aliphatic rings.